The second-order valence-electron chi connectivity index (χ2n) is 4.30. The Balaban J connectivity index is 2.41. The zero-order valence-electron chi connectivity index (χ0n) is 11.0. The second kappa shape index (κ2) is 5.97. The Morgan fingerprint density at radius 2 is 2.05 bits per heavy atom. The predicted octanol–water partition coefficient (Wildman–Crippen LogP) is 2.48. The third-order valence-corrected chi connectivity index (χ3v) is 4.77. The predicted molar refractivity (Wildman–Crippen MR) is 87.1 cm³/mol. The monoisotopic (exact) mass is 341 g/mol. The van der Waals surface area contributed by atoms with E-state index >= 15 is 0 Å². The first-order valence-corrected chi connectivity index (χ1v) is 8.11. The van der Waals surface area contributed by atoms with Crippen LogP contribution >= 0.6 is 23.8 Å². The van der Waals surface area contributed by atoms with Crippen LogP contribution in [0.25, 0.3) is 0 Å². The van der Waals surface area contributed by atoms with E-state index in [2.05, 4.69) is 9.71 Å². The molecule has 0 aliphatic rings. The number of rotatable bonds is 4. The zero-order valence-corrected chi connectivity index (χ0v) is 13.4. The molecule has 0 atom stereocenters. The average Bonchev–Trinajstić information content (AvgIpc) is 2.41. The van der Waals surface area contributed by atoms with E-state index < -0.39 is 10.0 Å². The van der Waals surface area contributed by atoms with E-state index in [1.165, 1.54) is 18.3 Å². The minimum atomic E-state index is -3.85. The van der Waals surface area contributed by atoms with E-state index in [1.54, 1.807) is 25.1 Å². The molecule has 21 heavy (non-hydrogen) atoms. The molecular formula is C13H12ClN3O2S2. The summed E-state index contributed by atoms with van der Waals surface area (Å²) in [7, 11) is -3.85. The molecule has 1 aromatic heterocycles. The molecule has 0 unspecified atom stereocenters. The number of benzene rings is 1. The van der Waals surface area contributed by atoms with Gasteiger partial charge in [-0.15, -0.1) is 0 Å². The van der Waals surface area contributed by atoms with Crippen molar-refractivity contribution in [1.29, 1.82) is 0 Å². The lowest BCUT2D eigenvalue weighted by Gasteiger charge is -2.10. The largest absolute Gasteiger partial charge is 0.389 e. The van der Waals surface area contributed by atoms with Crippen molar-refractivity contribution in [1.82, 2.24) is 4.98 Å². The Morgan fingerprint density at radius 3 is 2.62 bits per heavy atom. The number of pyridine rings is 1. The molecule has 3 N–H and O–H groups in total. The third kappa shape index (κ3) is 3.69. The number of hydrogen-bond donors (Lipinski definition) is 2. The third-order valence-electron chi connectivity index (χ3n) is 2.67. The standard InChI is InChI=1S/C13H12ClN3O2S2/c1-8-2-4-10(7-16-8)17-21(18,19)12-6-9(13(15)20)3-5-11(12)14/h2-7,17H,1H3,(H2,15,20). The topological polar surface area (TPSA) is 85.1 Å². The first kappa shape index (κ1) is 15.7. The van der Waals surface area contributed by atoms with Crippen LogP contribution < -0.4 is 10.5 Å². The lowest BCUT2D eigenvalue weighted by atomic mass is 10.2. The van der Waals surface area contributed by atoms with Crippen molar-refractivity contribution < 1.29 is 8.42 Å². The highest BCUT2D eigenvalue weighted by atomic mass is 35.5. The van der Waals surface area contributed by atoms with Crippen molar-refractivity contribution in [3.05, 3.63) is 52.8 Å². The van der Waals surface area contributed by atoms with Crippen LogP contribution in [0.1, 0.15) is 11.3 Å². The van der Waals surface area contributed by atoms with Crippen LogP contribution in [0.15, 0.2) is 41.4 Å². The second-order valence-corrected chi connectivity index (χ2v) is 6.80. The Hall–Kier alpha value is -1.70. The number of nitrogens with zero attached hydrogens (tertiary/aromatic N) is 1. The number of hydrogen-bond acceptors (Lipinski definition) is 4. The normalized spacial score (nSPS) is 11.1. The molecule has 0 saturated carbocycles. The molecule has 1 aromatic carbocycles. The van der Waals surface area contributed by atoms with Crippen LogP contribution in [-0.4, -0.2) is 18.4 Å². The van der Waals surface area contributed by atoms with Crippen molar-refractivity contribution in [3.63, 3.8) is 0 Å². The van der Waals surface area contributed by atoms with Crippen LogP contribution in [0.3, 0.4) is 0 Å². The lowest BCUT2D eigenvalue weighted by molar-refractivity contribution is 0.601. The number of nitrogens with two attached hydrogens (primary N) is 1. The smallest absolute Gasteiger partial charge is 0.263 e. The van der Waals surface area contributed by atoms with E-state index in [9.17, 15) is 8.42 Å². The van der Waals surface area contributed by atoms with Crippen LogP contribution in [0.4, 0.5) is 5.69 Å². The van der Waals surface area contributed by atoms with E-state index in [0.29, 0.717) is 11.3 Å². The van der Waals surface area contributed by atoms with Crippen LogP contribution in [0.2, 0.25) is 5.02 Å². The summed E-state index contributed by atoms with van der Waals surface area (Å²) in [6.45, 7) is 1.81. The molecule has 5 nitrogen and oxygen atoms in total. The van der Waals surface area contributed by atoms with Gasteiger partial charge in [0.1, 0.15) is 9.88 Å². The fourth-order valence-corrected chi connectivity index (χ4v) is 3.30. The van der Waals surface area contributed by atoms with Gasteiger partial charge in [-0.25, -0.2) is 8.42 Å². The molecule has 110 valence electrons. The maximum atomic E-state index is 12.4. The average molecular weight is 342 g/mol. The molecule has 0 aliphatic heterocycles. The summed E-state index contributed by atoms with van der Waals surface area (Å²) in [4.78, 5) is 4.03. The van der Waals surface area contributed by atoms with Gasteiger partial charge < -0.3 is 5.73 Å². The molecule has 0 bridgehead atoms. The van der Waals surface area contributed by atoms with Gasteiger partial charge in [-0.2, -0.15) is 0 Å². The Kier molecular flexibility index (Phi) is 4.46. The molecule has 2 rings (SSSR count). The molecule has 0 amide bonds. The molecule has 0 saturated heterocycles. The highest BCUT2D eigenvalue weighted by Crippen LogP contribution is 2.25. The number of halogens is 1. The van der Waals surface area contributed by atoms with Gasteiger partial charge in [0.25, 0.3) is 10.0 Å². The molecule has 0 fully saturated rings. The molecular weight excluding hydrogens is 330 g/mol. The molecule has 1 heterocycles. The van der Waals surface area contributed by atoms with E-state index in [4.69, 9.17) is 29.6 Å². The van der Waals surface area contributed by atoms with E-state index in [1.807, 2.05) is 0 Å². The number of aryl methyl sites for hydroxylation is 1. The highest BCUT2D eigenvalue weighted by Gasteiger charge is 2.19. The minimum absolute atomic E-state index is 0.0857. The van der Waals surface area contributed by atoms with Gasteiger partial charge in [-0.1, -0.05) is 29.9 Å². The molecule has 8 heteroatoms. The maximum absolute atomic E-state index is 12.4. The van der Waals surface area contributed by atoms with Gasteiger partial charge in [0.15, 0.2) is 0 Å². The summed E-state index contributed by atoms with van der Waals surface area (Å²) in [6.07, 6.45) is 1.43. The van der Waals surface area contributed by atoms with Gasteiger partial charge in [0, 0.05) is 11.3 Å². The fraction of sp³-hybridized carbons (Fsp3) is 0.0769. The Labute approximate surface area is 133 Å². The van der Waals surface area contributed by atoms with E-state index in [-0.39, 0.29) is 14.9 Å². The summed E-state index contributed by atoms with van der Waals surface area (Å²) >= 11 is 10.8. The summed E-state index contributed by atoms with van der Waals surface area (Å²) in [6, 6.07) is 7.67. The highest BCUT2D eigenvalue weighted by molar-refractivity contribution is 7.92. The molecule has 0 radical (unpaired) electrons. The SMILES string of the molecule is Cc1ccc(NS(=O)(=O)c2cc(C(N)=S)ccc2Cl)cn1. The number of nitrogens with one attached hydrogen (secondary N) is 1. The van der Waals surface area contributed by atoms with Crippen LogP contribution in [-0.2, 0) is 10.0 Å². The Bertz CT molecular complexity index is 790. The van der Waals surface area contributed by atoms with Gasteiger partial charge in [-0.05, 0) is 31.2 Å². The quantitative estimate of drug-likeness (QED) is 0.834. The first-order valence-electron chi connectivity index (χ1n) is 5.84. The number of sulfonamides is 1. The van der Waals surface area contributed by atoms with Crippen molar-refractivity contribution in [2.24, 2.45) is 5.73 Å². The zero-order chi connectivity index (χ0) is 15.6. The minimum Gasteiger partial charge on any atom is -0.389 e. The maximum Gasteiger partial charge on any atom is 0.263 e. The van der Waals surface area contributed by atoms with Crippen molar-refractivity contribution >= 4 is 44.5 Å². The first-order chi connectivity index (χ1) is 9.79. The molecule has 0 spiro atoms. The number of aromatic nitrogens is 1. The van der Waals surface area contributed by atoms with Crippen LogP contribution in [0.5, 0.6) is 0 Å². The van der Waals surface area contributed by atoms with Crippen LogP contribution in [0, 0.1) is 6.92 Å². The van der Waals surface area contributed by atoms with Gasteiger partial charge in [0.2, 0.25) is 0 Å². The summed E-state index contributed by atoms with van der Waals surface area (Å²) in [5, 5.41) is 0.0857. The van der Waals surface area contributed by atoms with Gasteiger partial charge in [-0.3, -0.25) is 9.71 Å². The van der Waals surface area contributed by atoms with Gasteiger partial charge in [0.05, 0.1) is 16.9 Å². The Morgan fingerprint density at radius 1 is 1.33 bits per heavy atom. The van der Waals surface area contributed by atoms with Gasteiger partial charge >= 0.3 is 0 Å². The summed E-state index contributed by atoms with van der Waals surface area (Å²) in [5.41, 5.74) is 7.06. The summed E-state index contributed by atoms with van der Waals surface area (Å²) < 4.78 is 27.2. The lowest BCUT2D eigenvalue weighted by Crippen LogP contribution is -2.16. The molecule has 2 aromatic rings. The fourth-order valence-electron chi connectivity index (χ4n) is 1.60. The number of thiocarbonyl (C=S) groups is 1. The van der Waals surface area contributed by atoms with E-state index in [0.717, 1.165) is 5.69 Å². The molecule has 0 aliphatic carbocycles. The number of anilines is 1. The van der Waals surface area contributed by atoms with Crippen molar-refractivity contribution in [2.75, 3.05) is 4.72 Å². The van der Waals surface area contributed by atoms with Crippen molar-refractivity contribution in [2.45, 2.75) is 11.8 Å². The van der Waals surface area contributed by atoms with Crippen molar-refractivity contribution in [3.8, 4) is 0 Å². The summed E-state index contributed by atoms with van der Waals surface area (Å²) in [5.74, 6) is 0.